The molecular formula is C16H24N4O4. The molecule has 3 heterocycles. The third-order valence-corrected chi connectivity index (χ3v) is 4.52. The maximum absolute atomic E-state index is 12.0. The van der Waals surface area contributed by atoms with E-state index in [2.05, 4.69) is 21.4 Å². The Bertz CT molecular complexity index is 641. The summed E-state index contributed by atoms with van der Waals surface area (Å²) in [5, 5.41) is 9.36. The molecule has 0 radical (unpaired) electrons. The van der Waals surface area contributed by atoms with Gasteiger partial charge in [0.05, 0.1) is 37.8 Å². The van der Waals surface area contributed by atoms with Gasteiger partial charge in [-0.2, -0.15) is 0 Å². The molecule has 1 aromatic rings. The van der Waals surface area contributed by atoms with Crippen LogP contribution in [0.3, 0.4) is 0 Å². The third-order valence-electron chi connectivity index (χ3n) is 4.52. The van der Waals surface area contributed by atoms with E-state index in [1.165, 1.54) is 6.33 Å². The van der Waals surface area contributed by atoms with Crippen molar-refractivity contribution < 1.29 is 14.6 Å². The first-order valence-corrected chi connectivity index (χ1v) is 8.23. The highest BCUT2D eigenvalue weighted by Crippen LogP contribution is 2.31. The predicted molar refractivity (Wildman–Crippen MR) is 88.6 cm³/mol. The second-order valence-electron chi connectivity index (χ2n) is 6.04. The lowest BCUT2D eigenvalue weighted by Crippen LogP contribution is -2.46. The van der Waals surface area contributed by atoms with E-state index < -0.39 is 0 Å². The lowest BCUT2D eigenvalue weighted by Gasteiger charge is -2.39. The first-order valence-electron chi connectivity index (χ1n) is 8.23. The number of nitrogens with one attached hydrogen (secondary N) is 1. The number of aromatic nitrogens is 2. The van der Waals surface area contributed by atoms with Crippen LogP contribution in [0.5, 0.6) is 0 Å². The molecule has 132 valence electrons. The Morgan fingerprint density at radius 3 is 2.92 bits per heavy atom. The lowest BCUT2D eigenvalue weighted by atomic mass is 10.2. The molecule has 0 amide bonds. The Hall–Kier alpha value is -1.90. The average Bonchev–Trinajstić information content (AvgIpc) is 3.08. The number of anilines is 1. The first kappa shape index (κ1) is 16.9. The van der Waals surface area contributed by atoms with Gasteiger partial charge >= 0.3 is 0 Å². The molecule has 0 aliphatic carbocycles. The van der Waals surface area contributed by atoms with Crippen LogP contribution in [0.2, 0.25) is 0 Å². The number of H-pyrrole nitrogens is 1. The second kappa shape index (κ2) is 7.33. The molecule has 2 fully saturated rings. The largest absolute Gasteiger partial charge is 0.394 e. The Balaban J connectivity index is 1.93. The van der Waals surface area contributed by atoms with Gasteiger partial charge in [0.2, 0.25) is 0 Å². The molecule has 0 spiro atoms. The van der Waals surface area contributed by atoms with Crippen LogP contribution < -0.4 is 10.5 Å². The number of morpholine rings is 1. The molecular weight excluding hydrogens is 312 g/mol. The molecule has 0 aromatic carbocycles. The van der Waals surface area contributed by atoms with Gasteiger partial charge in [-0.25, -0.2) is 4.98 Å². The van der Waals surface area contributed by atoms with E-state index in [1.54, 1.807) is 6.92 Å². The van der Waals surface area contributed by atoms with Crippen molar-refractivity contribution in [3.05, 3.63) is 34.6 Å². The number of rotatable bonds is 5. The fourth-order valence-electron chi connectivity index (χ4n) is 3.11. The van der Waals surface area contributed by atoms with E-state index in [0.717, 1.165) is 31.8 Å². The Labute approximate surface area is 140 Å². The predicted octanol–water partition coefficient (Wildman–Crippen LogP) is 0.186. The summed E-state index contributed by atoms with van der Waals surface area (Å²) < 4.78 is 11.3. The van der Waals surface area contributed by atoms with E-state index in [-0.39, 0.29) is 24.5 Å². The molecule has 2 aliphatic rings. The van der Waals surface area contributed by atoms with Gasteiger partial charge in [-0.3, -0.25) is 9.69 Å². The summed E-state index contributed by atoms with van der Waals surface area (Å²) in [4.78, 5) is 23.0. The van der Waals surface area contributed by atoms with Crippen molar-refractivity contribution in [1.29, 1.82) is 0 Å². The molecule has 3 rings (SSSR count). The van der Waals surface area contributed by atoms with Crippen LogP contribution in [0.25, 0.3) is 0 Å². The van der Waals surface area contributed by atoms with Gasteiger partial charge in [0, 0.05) is 13.1 Å². The molecule has 0 bridgehead atoms. The van der Waals surface area contributed by atoms with Crippen LogP contribution in [0.4, 0.5) is 5.82 Å². The summed E-state index contributed by atoms with van der Waals surface area (Å²) in [6.45, 7) is 8.68. The van der Waals surface area contributed by atoms with E-state index >= 15 is 0 Å². The zero-order valence-electron chi connectivity index (χ0n) is 13.9. The molecule has 2 aliphatic heterocycles. The van der Waals surface area contributed by atoms with E-state index in [0.29, 0.717) is 24.6 Å². The highest BCUT2D eigenvalue weighted by molar-refractivity contribution is 5.50. The summed E-state index contributed by atoms with van der Waals surface area (Å²) in [7, 11) is 0. The van der Waals surface area contributed by atoms with Crippen molar-refractivity contribution in [3.8, 4) is 0 Å². The van der Waals surface area contributed by atoms with Gasteiger partial charge in [0.25, 0.3) is 5.56 Å². The summed E-state index contributed by atoms with van der Waals surface area (Å²) in [5.41, 5.74) is 0.333. The second-order valence-corrected chi connectivity index (χ2v) is 6.04. The normalized spacial score (nSPS) is 24.2. The molecule has 2 atom stereocenters. The minimum Gasteiger partial charge on any atom is -0.394 e. The summed E-state index contributed by atoms with van der Waals surface area (Å²) >= 11 is 0. The monoisotopic (exact) mass is 336 g/mol. The van der Waals surface area contributed by atoms with Gasteiger partial charge < -0.3 is 24.5 Å². The standard InChI is InChI=1S/C16H24N4O4/c1-11-15(17-10-18-16(11)22)20(14-4-3-13(9-21)24-14)12(2)19-5-7-23-8-6-19/h10,13-14,21H,2-9H2,1H3,(H,17,18,22). The van der Waals surface area contributed by atoms with Crippen molar-refractivity contribution in [2.45, 2.75) is 32.1 Å². The molecule has 2 unspecified atom stereocenters. The number of hydrogen-bond acceptors (Lipinski definition) is 7. The van der Waals surface area contributed by atoms with Crippen LogP contribution in [-0.2, 0) is 9.47 Å². The van der Waals surface area contributed by atoms with Crippen molar-refractivity contribution in [2.75, 3.05) is 37.8 Å². The molecule has 24 heavy (non-hydrogen) atoms. The summed E-state index contributed by atoms with van der Waals surface area (Å²) in [6.07, 6.45) is 2.39. The molecule has 2 saturated heterocycles. The van der Waals surface area contributed by atoms with Gasteiger partial charge in [0.15, 0.2) is 0 Å². The zero-order chi connectivity index (χ0) is 17.1. The highest BCUT2D eigenvalue weighted by atomic mass is 16.5. The van der Waals surface area contributed by atoms with E-state index in [1.807, 2.05) is 4.90 Å². The topological polar surface area (TPSA) is 90.9 Å². The molecule has 8 heteroatoms. The van der Waals surface area contributed by atoms with Gasteiger partial charge in [0.1, 0.15) is 17.9 Å². The maximum atomic E-state index is 12.0. The van der Waals surface area contributed by atoms with Crippen LogP contribution >= 0.6 is 0 Å². The number of ether oxygens (including phenoxy) is 2. The number of aliphatic hydroxyl groups is 1. The molecule has 1 aromatic heterocycles. The lowest BCUT2D eigenvalue weighted by molar-refractivity contribution is 0.00592. The number of hydrogen-bond donors (Lipinski definition) is 2. The molecule has 2 N–H and O–H groups in total. The van der Waals surface area contributed by atoms with Gasteiger partial charge in [-0.1, -0.05) is 6.58 Å². The third kappa shape index (κ3) is 3.31. The van der Waals surface area contributed by atoms with E-state index in [9.17, 15) is 9.90 Å². The minimum absolute atomic E-state index is 0.0177. The smallest absolute Gasteiger partial charge is 0.255 e. The number of aromatic amines is 1. The summed E-state index contributed by atoms with van der Waals surface area (Å²) in [5.74, 6) is 1.28. The van der Waals surface area contributed by atoms with Crippen molar-refractivity contribution in [3.63, 3.8) is 0 Å². The minimum atomic E-state index is -0.300. The number of nitrogens with zero attached hydrogens (tertiary/aromatic N) is 3. The van der Waals surface area contributed by atoms with Crippen LogP contribution in [-0.4, -0.2) is 65.2 Å². The molecule has 8 nitrogen and oxygen atoms in total. The van der Waals surface area contributed by atoms with Crippen molar-refractivity contribution in [1.82, 2.24) is 14.9 Å². The SMILES string of the molecule is C=C(N1CCOCC1)N(c1nc[nH]c(=O)c1C)C1CCC(CO)O1. The Kier molecular flexibility index (Phi) is 5.17. The Morgan fingerprint density at radius 1 is 1.50 bits per heavy atom. The maximum Gasteiger partial charge on any atom is 0.255 e. The van der Waals surface area contributed by atoms with Gasteiger partial charge in [-0.15, -0.1) is 0 Å². The van der Waals surface area contributed by atoms with Crippen molar-refractivity contribution in [2.24, 2.45) is 0 Å². The highest BCUT2D eigenvalue weighted by Gasteiger charge is 2.34. The molecule has 0 saturated carbocycles. The number of aliphatic hydroxyl groups excluding tert-OH is 1. The average molecular weight is 336 g/mol. The summed E-state index contributed by atoms with van der Waals surface area (Å²) in [6, 6.07) is 0. The van der Waals surface area contributed by atoms with Gasteiger partial charge in [-0.05, 0) is 19.8 Å². The van der Waals surface area contributed by atoms with Crippen molar-refractivity contribution >= 4 is 5.82 Å². The van der Waals surface area contributed by atoms with Crippen LogP contribution in [0.15, 0.2) is 23.5 Å². The Morgan fingerprint density at radius 2 is 2.25 bits per heavy atom. The van der Waals surface area contributed by atoms with E-state index in [4.69, 9.17) is 9.47 Å². The fraction of sp³-hybridized carbons (Fsp3) is 0.625. The first-order chi connectivity index (χ1) is 11.6. The van der Waals surface area contributed by atoms with Crippen LogP contribution in [0, 0.1) is 6.92 Å². The fourth-order valence-corrected chi connectivity index (χ4v) is 3.11. The quantitative estimate of drug-likeness (QED) is 0.793. The van der Waals surface area contributed by atoms with Crippen LogP contribution in [0.1, 0.15) is 18.4 Å². The zero-order valence-corrected chi connectivity index (χ0v) is 13.9.